The molecule has 3 aromatic rings. The molecule has 0 unspecified atom stereocenters. The summed E-state index contributed by atoms with van der Waals surface area (Å²) < 4.78 is 11.4. The van der Waals surface area contributed by atoms with Crippen LogP contribution in [0.3, 0.4) is 0 Å². The SMILES string of the molecule is CC[C@@H](Oc1ccccc1OC)C(=O)N1CCC(c2cncc(Nc3ccccn3)n2)CC1. The van der Waals surface area contributed by atoms with Crippen LogP contribution in [-0.4, -0.2) is 52.1 Å². The number of carbonyl (C=O) groups is 1. The normalized spacial score (nSPS) is 15.0. The molecule has 8 heteroatoms. The standard InChI is InChI=1S/C25H29N5O3/c1-3-20(33-22-9-5-4-8-21(22)32-2)25(31)30-14-11-18(12-15-30)19-16-26-17-24(28-19)29-23-10-6-7-13-27-23/h4-10,13,16-18,20H,3,11-12,14-15H2,1-2H3,(H,27,28,29)/t20-/m1/s1. The highest BCUT2D eigenvalue weighted by Gasteiger charge is 2.30. The minimum absolute atomic E-state index is 0.0125. The third-order valence-corrected chi connectivity index (χ3v) is 5.78. The van der Waals surface area contributed by atoms with Gasteiger partial charge in [0, 0.05) is 31.4 Å². The van der Waals surface area contributed by atoms with Crippen molar-refractivity contribution >= 4 is 17.5 Å². The fraction of sp³-hybridized carbons (Fsp3) is 0.360. The molecule has 0 aliphatic carbocycles. The van der Waals surface area contributed by atoms with Gasteiger partial charge in [0.2, 0.25) is 0 Å². The summed E-state index contributed by atoms with van der Waals surface area (Å²) in [5.74, 6) is 2.87. The van der Waals surface area contributed by atoms with Crippen molar-refractivity contribution in [3.63, 3.8) is 0 Å². The first-order valence-corrected chi connectivity index (χ1v) is 11.3. The predicted molar refractivity (Wildman–Crippen MR) is 126 cm³/mol. The lowest BCUT2D eigenvalue weighted by molar-refractivity contribution is -0.140. The van der Waals surface area contributed by atoms with Crippen LogP contribution in [0.2, 0.25) is 0 Å². The Labute approximate surface area is 194 Å². The third kappa shape index (κ3) is 5.58. The van der Waals surface area contributed by atoms with Crippen LogP contribution in [0.15, 0.2) is 61.1 Å². The van der Waals surface area contributed by atoms with Crippen molar-refractivity contribution in [2.45, 2.75) is 38.2 Å². The zero-order valence-corrected chi connectivity index (χ0v) is 19.0. The van der Waals surface area contributed by atoms with E-state index in [1.165, 1.54) is 0 Å². The topological polar surface area (TPSA) is 89.5 Å². The van der Waals surface area contributed by atoms with Gasteiger partial charge in [-0.25, -0.2) is 9.97 Å². The van der Waals surface area contributed by atoms with Gasteiger partial charge >= 0.3 is 0 Å². The van der Waals surface area contributed by atoms with Crippen LogP contribution >= 0.6 is 0 Å². The van der Waals surface area contributed by atoms with Crippen LogP contribution in [0.5, 0.6) is 11.5 Å². The monoisotopic (exact) mass is 447 g/mol. The van der Waals surface area contributed by atoms with Crippen molar-refractivity contribution in [2.24, 2.45) is 0 Å². The molecule has 1 aliphatic rings. The number of hydrogen-bond donors (Lipinski definition) is 1. The lowest BCUT2D eigenvalue weighted by atomic mass is 9.93. The number of aromatic nitrogens is 3. The molecule has 1 atom stereocenters. The Morgan fingerprint density at radius 2 is 1.85 bits per heavy atom. The number of likely N-dealkylation sites (tertiary alicyclic amines) is 1. The van der Waals surface area contributed by atoms with E-state index in [0.29, 0.717) is 36.8 Å². The fourth-order valence-electron chi connectivity index (χ4n) is 3.98. The average molecular weight is 448 g/mol. The lowest BCUT2D eigenvalue weighted by Crippen LogP contribution is -2.45. The van der Waals surface area contributed by atoms with Gasteiger partial charge in [-0.1, -0.05) is 25.1 Å². The number of nitrogens with zero attached hydrogens (tertiary/aromatic N) is 4. The second-order valence-electron chi connectivity index (χ2n) is 7.93. The molecule has 172 valence electrons. The number of carbonyl (C=O) groups excluding carboxylic acids is 1. The van der Waals surface area contributed by atoms with Gasteiger partial charge in [0.25, 0.3) is 5.91 Å². The first-order valence-electron chi connectivity index (χ1n) is 11.3. The summed E-state index contributed by atoms with van der Waals surface area (Å²) in [4.78, 5) is 28.4. The Kier molecular flexibility index (Phi) is 7.34. The molecule has 4 rings (SSSR count). The molecule has 1 aromatic carbocycles. The summed E-state index contributed by atoms with van der Waals surface area (Å²) in [5, 5.41) is 3.19. The molecule has 0 saturated carbocycles. The van der Waals surface area contributed by atoms with Crippen LogP contribution in [0, 0.1) is 0 Å². The first kappa shape index (κ1) is 22.5. The highest BCUT2D eigenvalue weighted by Crippen LogP contribution is 2.30. The van der Waals surface area contributed by atoms with Crippen LogP contribution in [0.25, 0.3) is 0 Å². The average Bonchev–Trinajstić information content (AvgIpc) is 2.88. The van der Waals surface area contributed by atoms with Crippen LogP contribution in [-0.2, 0) is 4.79 Å². The number of amides is 1. The van der Waals surface area contributed by atoms with Crippen molar-refractivity contribution in [3.05, 3.63) is 66.7 Å². The Morgan fingerprint density at radius 1 is 1.09 bits per heavy atom. The zero-order valence-electron chi connectivity index (χ0n) is 19.0. The van der Waals surface area contributed by atoms with Crippen molar-refractivity contribution in [1.82, 2.24) is 19.9 Å². The van der Waals surface area contributed by atoms with Gasteiger partial charge in [-0.05, 0) is 43.5 Å². The van der Waals surface area contributed by atoms with Crippen molar-refractivity contribution < 1.29 is 14.3 Å². The van der Waals surface area contributed by atoms with E-state index >= 15 is 0 Å². The number of benzene rings is 1. The number of pyridine rings is 1. The Bertz CT molecular complexity index is 1050. The van der Waals surface area contributed by atoms with Gasteiger partial charge < -0.3 is 19.7 Å². The maximum atomic E-state index is 13.1. The summed E-state index contributed by atoms with van der Waals surface area (Å²) in [6.07, 6.45) is 6.95. The number of hydrogen-bond acceptors (Lipinski definition) is 7. The third-order valence-electron chi connectivity index (χ3n) is 5.78. The number of nitrogens with one attached hydrogen (secondary N) is 1. The second-order valence-corrected chi connectivity index (χ2v) is 7.93. The van der Waals surface area contributed by atoms with Crippen molar-refractivity contribution in [3.8, 4) is 11.5 Å². The molecule has 1 aliphatic heterocycles. The van der Waals surface area contributed by atoms with Gasteiger partial charge in [-0.2, -0.15) is 0 Å². The minimum Gasteiger partial charge on any atom is -0.493 e. The predicted octanol–water partition coefficient (Wildman–Crippen LogP) is 4.19. The molecule has 8 nitrogen and oxygen atoms in total. The maximum Gasteiger partial charge on any atom is 0.263 e. The number of para-hydroxylation sites is 2. The molecule has 1 N–H and O–H groups in total. The van der Waals surface area contributed by atoms with Crippen molar-refractivity contribution in [1.29, 1.82) is 0 Å². The molecule has 0 bridgehead atoms. The van der Waals surface area contributed by atoms with E-state index in [9.17, 15) is 4.79 Å². The van der Waals surface area contributed by atoms with E-state index in [-0.39, 0.29) is 11.8 Å². The highest BCUT2D eigenvalue weighted by molar-refractivity contribution is 5.81. The number of rotatable bonds is 8. The van der Waals surface area contributed by atoms with E-state index < -0.39 is 6.10 Å². The molecule has 2 aromatic heterocycles. The molecule has 1 saturated heterocycles. The molecular weight excluding hydrogens is 418 g/mol. The van der Waals surface area contributed by atoms with Gasteiger partial charge in [0.05, 0.1) is 19.0 Å². The van der Waals surface area contributed by atoms with E-state index in [1.54, 1.807) is 19.5 Å². The second kappa shape index (κ2) is 10.8. The molecular formula is C25H29N5O3. The van der Waals surface area contributed by atoms with Gasteiger partial charge in [0.15, 0.2) is 17.6 Å². The Hall–Kier alpha value is -3.68. The largest absolute Gasteiger partial charge is 0.493 e. The highest BCUT2D eigenvalue weighted by atomic mass is 16.5. The molecule has 1 amide bonds. The van der Waals surface area contributed by atoms with Gasteiger partial charge in [-0.3, -0.25) is 9.78 Å². The smallest absolute Gasteiger partial charge is 0.263 e. The molecule has 1 fully saturated rings. The maximum absolute atomic E-state index is 13.1. The number of piperidine rings is 1. The van der Waals surface area contributed by atoms with Crippen LogP contribution in [0.4, 0.5) is 11.6 Å². The quantitative estimate of drug-likeness (QED) is 0.554. The molecule has 3 heterocycles. The van der Waals surface area contributed by atoms with Gasteiger partial charge in [0.1, 0.15) is 11.6 Å². The molecule has 0 radical (unpaired) electrons. The number of methoxy groups -OCH3 is 1. The van der Waals surface area contributed by atoms with E-state index in [0.717, 1.165) is 24.4 Å². The van der Waals surface area contributed by atoms with Crippen LogP contribution < -0.4 is 14.8 Å². The summed E-state index contributed by atoms with van der Waals surface area (Å²) in [7, 11) is 1.60. The van der Waals surface area contributed by atoms with E-state index in [2.05, 4.69) is 15.3 Å². The minimum atomic E-state index is -0.538. The number of anilines is 2. The molecule has 33 heavy (non-hydrogen) atoms. The van der Waals surface area contributed by atoms with Crippen LogP contribution in [0.1, 0.15) is 37.8 Å². The zero-order chi connectivity index (χ0) is 23.0. The summed E-state index contributed by atoms with van der Waals surface area (Å²) in [6.45, 7) is 3.28. The first-order chi connectivity index (χ1) is 16.2. The summed E-state index contributed by atoms with van der Waals surface area (Å²) in [5.41, 5.74) is 0.931. The number of ether oxygens (including phenoxy) is 2. The molecule has 0 spiro atoms. The fourth-order valence-corrected chi connectivity index (χ4v) is 3.98. The Morgan fingerprint density at radius 3 is 2.55 bits per heavy atom. The van der Waals surface area contributed by atoms with Gasteiger partial charge in [-0.15, -0.1) is 0 Å². The lowest BCUT2D eigenvalue weighted by Gasteiger charge is -2.34. The van der Waals surface area contributed by atoms with E-state index in [1.807, 2.05) is 60.5 Å². The Balaban J connectivity index is 1.36. The summed E-state index contributed by atoms with van der Waals surface area (Å²) >= 11 is 0. The van der Waals surface area contributed by atoms with Crippen molar-refractivity contribution in [2.75, 3.05) is 25.5 Å². The summed E-state index contributed by atoms with van der Waals surface area (Å²) in [6, 6.07) is 13.1. The van der Waals surface area contributed by atoms with E-state index in [4.69, 9.17) is 14.5 Å².